The lowest BCUT2D eigenvalue weighted by molar-refractivity contribution is -0.172. The van der Waals surface area contributed by atoms with Gasteiger partial charge in [0.1, 0.15) is 5.82 Å². The molecule has 3 aromatic heterocycles. The average Bonchev–Trinajstić information content (AvgIpc) is 3.39. The Balaban J connectivity index is 1.53. The minimum absolute atomic E-state index is 0.0818. The van der Waals surface area contributed by atoms with E-state index in [9.17, 15) is 18.0 Å². The Bertz CT molecular complexity index is 1230. The van der Waals surface area contributed by atoms with Gasteiger partial charge in [-0.1, -0.05) is 30.3 Å². The molecule has 30 heavy (non-hydrogen) atoms. The molecule has 0 bridgehead atoms. The number of aromatic nitrogens is 5. The summed E-state index contributed by atoms with van der Waals surface area (Å²) in [5, 5.41) is 8.19. The lowest BCUT2D eigenvalue weighted by Crippen LogP contribution is -2.43. The zero-order chi connectivity index (χ0) is 20.9. The van der Waals surface area contributed by atoms with E-state index < -0.39 is 18.1 Å². The quantitative estimate of drug-likeness (QED) is 0.503. The summed E-state index contributed by atoms with van der Waals surface area (Å²) in [5.74, 6) is -0.399. The Morgan fingerprint density at radius 3 is 2.63 bits per heavy atom. The van der Waals surface area contributed by atoms with E-state index in [1.54, 1.807) is 16.8 Å². The summed E-state index contributed by atoms with van der Waals surface area (Å²) in [7, 11) is 0. The fourth-order valence-corrected chi connectivity index (χ4v) is 3.72. The highest BCUT2D eigenvalue weighted by Gasteiger charge is 2.46. The molecule has 4 aromatic rings. The summed E-state index contributed by atoms with van der Waals surface area (Å²) in [6.45, 7) is -0.0818. The highest BCUT2D eigenvalue weighted by molar-refractivity contribution is 6.05. The molecule has 152 valence electrons. The smallest absolute Gasteiger partial charge is 0.291 e. The maximum absolute atomic E-state index is 13.3. The van der Waals surface area contributed by atoms with Crippen LogP contribution < -0.4 is 4.90 Å². The third kappa shape index (κ3) is 2.92. The highest BCUT2D eigenvalue weighted by atomic mass is 19.4. The molecule has 10 heteroatoms. The number of carbonyl (C=O) groups is 1. The molecule has 1 atom stereocenters. The van der Waals surface area contributed by atoms with Gasteiger partial charge >= 0.3 is 6.18 Å². The first-order chi connectivity index (χ1) is 14.4. The Labute approximate surface area is 168 Å². The second kappa shape index (κ2) is 6.68. The molecule has 0 unspecified atom stereocenters. The zero-order valence-electron chi connectivity index (χ0n) is 15.5. The minimum atomic E-state index is -4.44. The molecule has 0 N–H and O–H groups in total. The second-order valence-electron chi connectivity index (χ2n) is 6.93. The van der Waals surface area contributed by atoms with Gasteiger partial charge in [-0.15, -0.1) is 0 Å². The van der Waals surface area contributed by atoms with Gasteiger partial charge in [0.2, 0.25) is 0 Å². The number of hydrogen-bond donors (Lipinski definition) is 0. The van der Waals surface area contributed by atoms with Crippen molar-refractivity contribution in [1.82, 2.24) is 24.4 Å². The number of nitrogens with zero attached hydrogens (tertiary/aromatic N) is 6. The molecule has 0 saturated carbocycles. The number of carbonyl (C=O) groups excluding carboxylic acids is 1. The van der Waals surface area contributed by atoms with Crippen molar-refractivity contribution in [3.8, 4) is 11.3 Å². The maximum Gasteiger partial charge on any atom is 0.410 e. The predicted molar refractivity (Wildman–Crippen MR) is 102 cm³/mol. The summed E-state index contributed by atoms with van der Waals surface area (Å²) < 4.78 is 42.3. The summed E-state index contributed by atoms with van der Waals surface area (Å²) >= 11 is 0. The van der Waals surface area contributed by atoms with E-state index in [2.05, 4.69) is 15.2 Å². The van der Waals surface area contributed by atoms with Crippen molar-refractivity contribution in [2.75, 3.05) is 11.4 Å². The van der Waals surface area contributed by atoms with Crippen LogP contribution in [0.2, 0.25) is 0 Å². The SMILES string of the molecule is O=C(c1cc2nccc(-c3ccccc3)n2n1)N1CC[C@@H](C(F)(F)F)n2nccc21. The third-order valence-electron chi connectivity index (χ3n) is 5.12. The van der Waals surface area contributed by atoms with Gasteiger partial charge in [-0.05, 0) is 12.5 Å². The number of fused-ring (bicyclic) bond motifs is 2. The Morgan fingerprint density at radius 1 is 1.07 bits per heavy atom. The molecule has 0 spiro atoms. The fourth-order valence-electron chi connectivity index (χ4n) is 3.72. The van der Waals surface area contributed by atoms with E-state index in [4.69, 9.17) is 0 Å². The van der Waals surface area contributed by atoms with Crippen molar-refractivity contribution in [3.05, 3.63) is 66.6 Å². The van der Waals surface area contributed by atoms with Crippen molar-refractivity contribution in [3.63, 3.8) is 0 Å². The van der Waals surface area contributed by atoms with Gasteiger partial charge < -0.3 is 0 Å². The number of rotatable bonds is 2. The standard InChI is InChI=1S/C20H15F3N6O/c21-20(22,23)16-8-11-27(18-7-10-25-29(16)18)19(30)14-12-17-24-9-6-15(28(17)26-14)13-4-2-1-3-5-13/h1-7,9-10,12,16H,8,11H2/t16-/m0/s1. The largest absolute Gasteiger partial charge is 0.410 e. The normalized spacial score (nSPS) is 16.6. The van der Waals surface area contributed by atoms with Gasteiger partial charge in [0.05, 0.1) is 11.9 Å². The van der Waals surface area contributed by atoms with Crippen molar-refractivity contribution in [2.45, 2.75) is 18.6 Å². The van der Waals surface area contributed by atoms with Crippen LogP contribution in [0.25, 0.3) is 16.9 Å². The Kier molecular flexibility index (Phi) is 4.09. The summed E-state index contributed by atoms with van der Waals surface area (Å²) in [6.07, 6.45) is -1.83. The van der Waals surface area contributed by atoms with Crippen LogP contribution in [0.5, 0.6) is 0 Å². The first-order valence-corrected chi connectivity index (χ1v) is 9.26. The molecule has 1 aromatic carbocycles. The van der Waals surface area contributed by atoms with Crippen molar-refractivity contribution < 1.29 is 18.0 Å². The summed E-state index contributed by atoms with van der Waals surface area (Å²) in [5.41, 5.74) is 2.22. The number of benzene rings is 1. The first kappa shape index (κ1) is 18.3. The monoisotopic (exact) mass is 412 g/mol. The van der Waals surface area contributed by atoms with Gasteiger partial charge in [0.25, 0.3) is 5.91 Å². The number of anilines is 1. The van der Waals surface area contributed by atoms with Crippen LogP contribution in [0.1, 0.15) is 23.0 Å². The predicted octanol–water partition coefficient (Wildman–Crippen LogP) is 3.75. The molecule has 5 rings (SSSR count). The third-order valence-corrected chi connectivity index (χ3v) is 5.12. The van der Waals surface area contributed by atoms with Crippen LogP contribution in [0.3, 0.4) is 0 Å². The van der Waals surface area contributed by atoms with Gasteiger partial charge in [0.15, 0.2) is 17.4 Å². The van der Waals surface area contributed by atoms with E-state index >= 15 is 0 Å². The first-order valence-electron chi connectivity index (χ1n) is 9.26. The summed E-state index contributed by atoms with van der Waals surface area (Å²) in [4.78, 5) is 18.7. The molecule has 1 amide bonds. The molecular formula is C20H15F3N6O. The number of hydrogen-bond acceptors (Lipinski definition) is 4. The van der Waals surface area contributed by atoms with E-state index in [1.165, 1.54) is 23.2 Å². The molecule has 4 heterocycles. The van der Waals surface area contributed by atoms with E-state index in [1.807, 2.05) is 30.3 Å². The summed E-state index contributed by atoms with van der Waals surface area (Å²) in [6, 6.07) is 12.5. The molecule has 7 nitrogen and oxygen atoms in total. The van der Waals surface area contributed by atoms with E-state index in [-0.39, 0.29) is 24.5 Å². The van der Waals surface area contributed by atoms with E-state index in [0.29, 0.717) is 5.65 Å². The number of halogens is 3. The Morgan fingerprint density at radius 2 is 1.87 bits per heavy atom. The number of amides is 1. The lowest BCUT2D eigenvalue weighted by Gasteiger charge is -2.33. The molecular weight excluding hydrogens is 397 g/mol. The molecule has 0 radical (unpaired) electrons. The fraction of sp³-hybridized carbons (Fsp3) is 0.200. The van der Waals surface area contributed by atoms with Gasteiger partial charge in [-0.3, -0.25) is 9.69 Å². The van der Waals surface area contributed by atoms with Crippen LogP contribution in [-0.4, -0.2) is 43.0 Å². The van der Waals surface area contributed by atoms with Gasteiger partial charge in [0, 0.05) is 30.4 Å². The number of alkyl halides is 3. The average molecular weight is 412 g/mol. The molecule has 1 aliphatic rings. The molecule has 1 aliphatic heterocycles. The van der Waals surface area contributed by atoms with Crippen LogP contribution in [0.4, 0.5) is 19.0 Å². The molecule has 0 fully saturated rings. The van der Waals surface area contributed by atoms with Gasteiger partial charge in [-0.25, -0.2) is 14.2 Å². The minimum Gasteiger partial charge on any atom is -0.291 e. The van der Waals surface area contributed by atoms with Crippen LogP contribution in [-0.2, 0) is 0 Å². The zero-order valence-corrected chi connectivity index (χ0v) is 15.5. The van der Waals surface area contributed by atoms with Gasteiger partial charge in [-0.2, -0.15) is 23.4 Å². The molecule has 0 saturated heterocycles. The maximum atomic E-state index is 13.3. The van der Waals surface area contributed by atoms with Crippen LogP contribution >= 0.6 is 0 Å². The van der Waals surface area contributed by atoms with Crippen LogP contribution in [0.15, 0.2) is 60.9 Å². The van der Waals surface area contributed by atoms with Crippen molar-refractivity contribution in [2.24, 2.45) is 0 Å². The second-order valence-corrected chi connectivity index (χ2v) is 6.93. The topological polar surface area (TPSA) is 68.3 Å². The van der Waals surface area contributed by atoms with Crippen molar-refractivity contribution >= 4 is 17.4 Å². The Hall–Kier alpha value is -3.69. The van der Waals surface area contributed by atoms with E-state index in [0.717, 1.165) is 15.9 Å². The molecule has 0 aliphatic carbocycles. The van der Waals surface area contributed by atoms with Crippen LogP contribution in [0, 0.1) is 0 Å². The lowest BCUT2D eigenvalue weighted by atomic mass is 10.1. The van der Waals surface area contributed by atoms with Crippen molar-refractivity contribution in [1.29, 1.82) is 0 Å². The highest BCUT2D eigenvalue weighted by Crippen LogP contribution is 2.39.